The lowest BCUT2D eigenvalue weighted by Crippen LogP contribution is -2.46. The first kappa shape index (κ1) is 23.1. The van der Waals surface area contributed by atoms with E-state index in [9.17, 15) is 9.18 Å². The van der Waals surface area contributed by atoms with E-state index < -0.39 is 0 Å². The van der Waals surface area contributed by atoms with Crippen LogP contribution in [0, 0.1) is 12.7 Å². The van der Waals surface area contributed by atoms with Crippen LogP contribution in [-0.2, 0) is 17.8 Å². The zero-order valence-corrected chi connectivity index (χ0v) is 19.4. The Labute approximate surface area is 188 Å². The molecule has 2 aromatic rings. The Bertz CT molecular complexity index is 887. The molecule has 1 aliphatic heterocycles. The normalized spacial score (nSPS) is 14.5. The molecule has 156 valence electrons. The molecular weight excluding hydrogens is 482 g/mol. The maximum Gasteiger partial charge on any atom is 0.242 e. The fourth-order valence-corrected chi connectivity index (χ4v) is 3.34. The van der Waals surface area contributed by atoms with Crippen LogP contribution in [0.25, 0.3) is 0 Å². The number of halogens is 2. The quantitative estimate of drug-likeness (QED) is 0.376. The third-order valence-corrected chi connectivity index (χ3v) is 5.16. The molecule has 0 fully saturated rings. The van der Waals surface area contributed by atoms with E-state index in [1.807, 2.05) is 30.0 Å². The number of nitrogens with zero attached hydrogens (tertiary/aromatic N) is 2. The molecular formula is C22H28FIN4O. The highest BCUT2D eigenvalue weighted by Gasteiger charge is 2.20. The topological polar surface area (TPSA) is 56.7 Å². The molecule has 0 bridgehead atoms. The average Bonchev–Trinajstić information content (AvgIpc) is 2.72. The molecule has 1 unspecified atom stereocenters. The first-order chi connectivity index (χ1) is 13.5. The summed E-state index contributed by atoms with van der Waals surface area (Å²) in [5.41, 5.74) is 3.97. The largest absolute Gasteiger partial charge is 0.350 e. The predicted molar refractivity (Wildman–Crippen MR) is 125 cm³/mol. The van der Waals surface area contributed by atoms with Gasteiger partial charge in [0.25, 0.3) is 0 Å². The Kier molecular flexibility index (Phi) is 8.43. The number of benzene rings is 2. The van der Waals surface area contributed by atoms with Crippen LogP contribution < -0.4 is 10.6 Å². The Morgan fingerprint density at radius 1 is 1.24 bits per heavy atom. The highest BCUT2D eigenvalue weighted by atomic mass is 127. The Balaban J connectivity index is 0.00000300. The second-order valence-corrected chi connectivity index (χ2v) is 7.13. The summed E-state index contributed by atoms with van der Waals surface area (Å²) in [4.78, 5) is 18.6. The van der Waals surface area contributed by atoms with Crippen molar-refractivity contribution in [3.8, 4) is 0 Å². The fourth-order valence-electron chi connectivity index (χ4n) is 3.34. The van der Waals surface area contributed by atoms with Crippen LogP contribution in [-0.4, -0.2) is 36.9 Å². The SMILES string of the molecule is CN=C(NCC(=O)N1CCc2ccccc2C1)NC(C)c1ccc(C)c(F)c1.I. The number of guanidine groups is 1. The number of hydrogen-bond acceptors (Lipinski definition) is 2. The van der Waals surface area contributed by atoms with Gasteiger partial charge in [0.05, 0.1) is 12.6 Å². The van der Waals surface area contributed by atoms with Crippen molar-refractivity contribution in [1.82, 2.24) is 15.5 Å². The van der Waals surface area contributed by atoms with Gasteiger partial charge in [-0.15, -0.1) is 24.0 Å². The maximum atomic E-state index is 13.8. The van der Waals surface area contributed by atoms with Crippen LogP contribution in [0.4, 0.5) is 4.39 Å². The third kappa shape index (κ3) is 5.91. The minimum absolute atomic E-state index is 0. The summed E-state index contributed by atoms with van der Waals surface area (Å²) in [6.45, 7) is 5.20. The number of rotatable bonds is 4. The number of aryl methyl sites for hydroxylation is 1. The summed E-state index contributed by atoms with van der Waals surface area (Å²) in [5, 5.41) is 6.28. The van der Waals surface area contributed by atoms with Gasteiger partial charge in [0.15, 0.2) is 5.96 Å². The van der Waals surface area contributed by atoms with Gasteiger partial charge >= 0.3 is 0 Å². The summed E-state index contributed by atoms with van der Waals surface area (Å²) < 4.78 is 13.8. The third-order valence-electron chi connectivity index (χ3n) is 5.16. The predicted octanol–water partition coefficient (Wildman–Crippen LogP) is 3.56. The Morgan fingerprint density at radius 2 is 1.97 bits per heavy atom. The van der Waals surface area contributed by atoms with Crippen LogP contribution in [0.3, 0.4) is 0 Å². The summed E-state index contributed by atoms with van der Waals surface area (Å²) in [6.07, 6.45) is 0.880. The number of hydrogen-bond donors (Lipinski definition) is 2. The standard InChI is InChI=1S/C22H27FN4O.HI/c1-15-8-9-18(12-20(15)23)16(2)26-22(24-3)25-13-21(28)27-11-10-17-6-4-5-7-19(17)14-27;/h4-9,12,16H,10-11,13-14H2,1-3H3,(H2,24,25,26);1H. The molecule has 29 heavy (non-hydrogen) atoms. The van der Waals surface area contributed by atoms with E-state index in [-0.39, 0.29) is 48.3 Å². The van der Waals surface area contributed by atoms with E-state index in [1.54, 1.807) is 20.0 Å². The molecule has 0 spiro atoms. The van der Waals surface area contributed by atoms with Crippen LogP contribution in [0.1, 0.15) is 35.2 Å². The van der Waals surface area contributed by atoms with Crippen molar-refractivity contribution in [1.29, 1.82) is 0 Å². The minimum Gasteiger partial charge on any atom is -0.350 e. The monoisotopic (exact) mass is 510 g/mol. The summed E-state index contributed by atoms with van der Waals surface area (Å²) >= 11 is 0. The van der Waals surface area contributed by atoms with Crippen molar-refractivity contribution in [2.45, 2.75) is 32.9 Å². The van der Waals surface area contributed by atoms with Crippen LogP contribution in [0.2, 0.25) is 0 Å². The van der Waals surface area contributed by atoms with Gasteiger partial charge in [0.2, 0.25) is 5.91 Å². The first-order valence-electron chi connectivity index (χ1n) is 9.55. The molecule has 7 heteroatoms. The highest BCUT2D eigenvalue weighted by Crippen LogP contribution is 2.18. The van der Waals surface area contributed by atoms with E-state index >= 15 is 0 Å². The molecule has 1 heterocycles. The van der Waals surface area contributed by atoms with Gasteiger partial charge in [-0.3, -0.25) is 9.79 Å². The zero-order chi connectivity index (χ0) is 20.1. The lowest BCUT2D eigenvalue weighted by atomic mass is 10.00. The van der Waals surface area contributed by atoms with Crippen molar-refractivity contribution in [2.24, 2.45) is 4.99 Å². The van der Waals surface area contributed by atoms with Crippen molar-refractivity contribution >= 4 is 35.8 Å². The molecule has 2 N–H and O–H groups in total. The molecule has 1 aliphatic rings. The molecule has 2 aromatic carbocycles. The zero-order valence-electron chi connectivity index (χ0n) is 17.0. The number of nitrogens with one attached hydrogen (secondary N) is 2. The van der Waals surface area contributed by atoms with Crippen LogP contribution in [0.5, 0.6) is 0 Å². The van der Waals surface area contributed by atoms with Crippen molar-refractivity contribution in [3.05, 3.63) is 70.5 Å². The molecule has 0 radical (unpaired) electrons. The second kappa shape index (κ2) is 10.6. The smallest absolute Gasteiger partial charge is 0.242 e. The van der Waals surface area contributed by atoms with E-state index in [2.05, 4.69) is 27.8 Å². The molecule has 3 rings (SSSR count). The lowest BCUT2D eigenvalue weighted by Gasteiger charge is -2.29. The van der Waals surface area contributed by atoms with E-state index in [0.717, 1.165) is 18.5 Å². The van der Waals surface area contributed by atoms with Gasteiger partial charge in [0, 0.05) is 20.1 Å². The fraction of sp³-hybridized carbons (Fsp3) is 0.364. The van der Waals surface area contributed by atoms with Crippen molar-refractivity contribution in [3.63, 3.8) is 0 Å². The first-order valence-corrected chi connectivity index (χ1v) is 9.55. The Hall–Kier alpha value is -2.16. The van der Waals surface area contributed by atoms with Crippen molar-refractivity contribution < 1.29 is 9.18 Å². The lowest BCUT2D eigenvalue weighted by molar-refractivity contribution is -0.130. The summed E-state index contributed by atoms with van der Waals surface area (Å²) in [5.74, 6) is 0.320. The number of carbonyl (C=O) groups excluding carboxylic acids is 1. The summed E-state index contributed by atoms with van der Waals surface area (Å²) in [6, 6.07) is 13.3. The number of fused-ring (bicyclic) bond motifs is 1. The van der Waals surface area contributed by atoms with E-state index in [0.29, 0.717) is 18.1 Å². The van der Waals surface area contributed by atoms with Gasteiger partial charge in [-0.1, -0.05) is 36.4 Å². The van der Waals surface area contributed by atoms with Gasteiger partial charge in [-0.2, -0.15) is 0 Å². The van der Waals surface area contributed by atoms with E-state index in [4.69, 9.17) is 0 Å². The van der Waals surface area contributed by atoms with E-state index in [1.165, 1.54) is 17.2 Å². The maximum absolute atomic E-state index is 13.8. The molecule has 5 nitrogen and oxygen atoms in total. The molecule has 0 saturated heterocycles. The van der Waals surface area contributed by atoms with Gasteiger partial charge < -0.3 is 15.5 Å². The van der Waals surface area contributed by atoms with Crippen molar-refractivity contribution in [2.75, 3.05) is 20.1 Å². The van der Waals surface area contributed by atoms with Crippen LogP contribution in [0.15, 0.2) is 47.5 Å². The highest BCUT2D eigenvalue weighted by molar-refractivity contribution is 14.0. The van der Waals surface area contributed by atoms with Crippen LogP contribution >= 0.6 is 24.0 Å². The number of amides is 1. The Morgan fingerprint density at radius 3 is 2.66 bits per heavy atom. The molecule has 1 atom stereocenters. The molecule has 0 aromatic heterocycles. The second-order valence-electron chi connectivity index (χ2n) is 7.13. The molecule has 0 saturated carbocycles. The summed E-state index contributed by atoms with van der Waals surface area (Å²) in [7, 11) is 1.65. The number of aliphatic imine (C=N–C) groups is 1. The minimum atomic E-state index is -0.227. The number of carbonyl (C=O) groups is 1. The van der Waals surface area contributed by atoms with Gasteiger partial charge in [0.1, 0.15) is 5.82 Å². The molecule has 0 aliphatic carbocycles. The molecule has 1 amide bonds. The van der Waals surface area contributed by atoms with Gasteiger partial charge in [-0.05, 0) is 48.6 Å². The average molecular weight is 510 g/mol. The van der Waals surface area contributed by atoms with Gasteiger partial charge in [-0.25, -0.2) is 4.39 Å².